The Balaban J connectivity index is 0.000000327. The molecule has 31 heavy (non-hydrogen) atoms. The molecule has 0 bridgehead atoms. The summed E-state index contributed by atoms with van der Waals surface area (Å²) in [6.45, 7) is 4.39. The predicted octanol–water partition coefficient (Wildman–Crippen LogP) is 5.69. The van der Waals surface area contributed by atoms with Crippen molar-refractivity contribution < 1.29 is 24.2 Å². The van der Waals surface area contributed by atoms with E-state index in [1.807, 2.05) is 18.2 Å². The van der Waals surface area contributed by atoms with Crippen LogP contribution < -0.4 is 9.64 Å². The Bertz CT molecular complexity index is 883. The predicted molar refractivity (Wildman–Crippen MR) is 125 cm³/mol. The molecule has 0 saturated heterocycles. The number of carbonyl (C=O) groups excluding carboxylic acids is 1. The third-order valence-electron chi connectivity index (χ3n) is 4.39. The molecule has 6 nitrogen and oxygen atoms in total. The summed E-state index contributed by atoms with van der Waals surface area (Å²) < 4.78 is 9.95. The van der Waals surface area contributed by atoms with Crippen LogP contribution in [-0.4, -0.2) is 43.8 Å². The lowest BCUT2D eigenvalue weighted by atomic mass is 10.0. The number of hydrogen-bond donors (Lipinski definition) is 1. The van der Waals surface area contributed by atoms with Gasteiger partial charge in [-0.3, -0.25) is 9.69 Å². The van der Waals surface area contributed by atoms with Crippen molar-refractivity contribution in [2.24, 2.45) is 0 Å². The lowest BCUT2D eigenvalue weighted by Gasteiger charge is -2.26. The zero-order chi connectivity index (χ0) is 23.6. The zero-order valence-corrected chi connectivity index (χ0v) is 20.1. The maximum absolute atomic E-state index is 12.0. The second kappa shape index (κ2) is 13.4. The first-order valence-corrected chi connectivity index (χ1v) is 10.8. The zero-order valence-electron chi connectivity index (χ0n) is 17.9. The van der Waals surface area contributed by atoms with Crippen LogP contribution in [0.4, 0.5) is 5.69 Å². The lowest BCUT2D eigenvalue weighted by Crippen LogP contribution is -2.35. The highest BCUT2D eigenvalue weighted by molar-refractivity contribution is 6.37. The van der Waals surface area contributed by atoms with Crippen LogP contribution in [-0.2, 0) is 22.4 Å². The number of benzene rings is 2. The summed E-state index contributed by atoms with van der Waals surface area (Å²) >= 11 is 17.0. The van der Waals surface area contributed by atoms with Crippen LogP contribution in [0.25, 0.3) is 0 Å². The number of halogens is 3. The van der Waals surface area contributed by atoms with E-state index in [2.05, 4.69) is 13.8 Å². The average Bonchev–Trinajstić information content (AvgIpc) is 2.77. The van der Waals surface area contributed by atoms with Crippen molar-refractivity contribution in [1.29, 1.82) is 0 Å². The normalized spacial score (nSPS) is 10.2. The largest absolute Gasteiger partial charge is 0.494 e. The number of nitrogens with zero attached hydrogens (tertiary/aromatic N) is 1. The number of carboxylic acids is 1. The molecule has 0 aliphatic heterocycles. The minimum Gasteiger partial charge on any atom is -0.494 e. The van der Waals surface area contributed by atoms with Gasteiger partial charge in [-0.25, -0.2) is 4.79 Å². The summed E-state index contributed by atoms with van der Waals surface area (Å²) in [5.74, 6) is -1.25. The number of methoxy groups -OCH3 is 2. The molecule has 0 aliphatic carbocycles. The Labute approximate surface area is 197 Å². The van der Waals surface area contributed by atoms with E-state index >= 15 is 0 Å². The lowest BCUT2D eigenvalue weighted by molar-refractivity contribution is -0.117. The quantitative estimate of drug-likeness (QED) is 0.380. The number of aryl methyl sites for hydroxylation is 2. The summed E-state index contributed by atoms with van der Waals surface area (Å²) in [4.78, 5) is 24.3. The Morgan fingerprint density at radius 3 is 1.94 bits per heavy atom. The maximum atomic E-state index is 12.0. The summed E-state index contributed by atoms with van der Waals surface area (Å²) in [6.07, 6.45) is 1.75. The standard InChI is InChI=1S/C14H20ClNO2.C8H6Cl2O3/c1-4-11-7-6-8-12(5-2)14(11)16(10-18-3)13(17)9-15;1-13-7-5(10)3-2-4(9)6(7)8(11)12/h6-8H,4-5,9-10H2,1-3H3;2-3H,1H3,(H,11,12). The highest BCUT2D eigenvalue weighted by atomic mass is 35.5. The Morgan fingerprint density at radius 2 is 1.55 bits per heavy atom. The minimum atomic E-state index is -1.16. The van der Waals surface area contributed by atoms with Crippen molar-refractivity contribution in [3.8, 4) is 5.75 Å². The van der Waals surface area contributed by atoms with E-state index in [4.69, 9.17) is 49.4 Å². The Hall–Kier alpha value is -1.99. The number of amides is 1. The van der Waals surface area contributed by atoms with Crippen LogP contribution in [0.3, 0.4) is 0 Å². The monoisotopic (exact) mass is 489 g/mol. The second-order valence-corrected chi connectivity index (χ2v) is 7.33. The fourth-order valence-electron chi connectivity index (χ4n) is 2.96. The number of hydrogen-bond acceptors (Lipinski definition) is 4. The summed E-state index contributed by atoms with van der Waals surface area (Å²) in [7, 11) is 2.92. The fraction of sp³-hybridized carbons (Fsp3) is 0.364. The van der Waals surface area contributed by atoms with Crippen molar-refractivity contribution in [1.82, 2.24) is 0 Å². The average molecular weight is 491 g/mol. The molecule has 1 N–H and O–H groups in total. The van der Waals surface area contributed by atoms with Crippen LogP contribution in [0.2, 0.25) is 10.0 Å². The molecule has 0 saturated carbocycles. The van der Waals surface area contributed by atoms with Gasteiger partial charge in [0.25, 0.3) is 0 Å². The van der Waals surface area contributed by atoms with Gasteiger partial charge in [0, 0.05) is 7.11 Å². The van der Waals surface area contributed by atoms with Crippen LogP contribution in [0.15, 0.2) is 30.3 Å². The van der Waals surface area contributed by atoms with Crippen molar-refractivity contribution in [2.75, 3.05) is 31.7 Å². The summed E-state index contributed by atoms with van der Waals surface area (Å²) in [6, 6.07) is 9.00. The number of carboxylic acid groups (broad SMARTS) is 1. The van der Waals surface area contributed by atoms with Crippen LogP contribution in [0.1, 0.15) is 35.3 Å². The fourth-order valence-corrected chi connectivity index (χ4v) is 3.56. The molecule has 1 amide bonds. The molecule has 0 aliphatic rings. The van der Waals surface area contributed by atoms with Gasteiger partial charge in [-0.15, -0.1) is 11.6 Å². The van der Waals surface area contributed by atoms with Gasteiger partial charge in [0.2, 0.25) is 5.91 Å². The van der Waals surface area contributed by atoms with E-state index < -0.39 is 5.97 Å². The molecule has 9 heteroatoms. The third kappa shape index (κ3) is 7.01. The molecule has 0 unspecified atom stereocenters. The van der Waals surface area contributed by atoms with E-state index in [1.165, 1.54) is 19.2 Å². The van der Waals surface area contributed by atoms with E-state index in [-0.39, 0.29) is 39.9 Å². The molecule has 0 heterocycles. The summed E-state index contributed by atoms with van der Waals surface area (Å²) in [5, 5.41) is 9.11. The molecular formula is C22H26Cl3NO5. The van der Waals surface area contributed by atoms with Gasteiger partial charge < -0.3 is 14.6 Å². The first-order chi connectivity index (χ1) is 14.8. The molecule has 2 aromatic rings. The maximum Gasteiger partial charge on any atom is 0.341 e. The van der Waals surface area contributed by atoms with Gasteiger partial charge in [0.15, 0.2) is 5.75 Å². The first kappa shape index (κ1) is 27.0. The number of para-hydroxylation sites is 1. The Morgan fingerprint density at radius 1 is 1.00 bits per heavy atom. The smallest absolute Gasteiger partial charge is 0.341 e. The SMILES string of the molecule is CCc1cccc(CC)c1N(COC)C(=O)CCl.COc1c(Cl)ccc(Cl)c1C(=O)O. The number of aromatic carboxylic acids is 1. The molecule has 0 aromatic heterocycles. The highest BCUT2D eigenvalue weighted by Crippen LogP contribution is 2.33. The van der Waals surface area contributed by atoms with Gasteiger partial charge in [-0.2, -0.15) is 0 Å². The van der Waals surface area contributed by atoms with E-state index in [1.54, 1.807) is 12.0 Å². The molecule has 0 fully saturated rings. The number of alkyl halides is 1. The van der Waals surface area contributed by atoms with Gasteiger partial charge in [-0.05, 0) is 36.1 Å². The molecule has 2 rings (SSSR count). The molecular weight excluding hydrogens is 465 g/mol. The molecule has 0 spiro atoms. The topological polar surface area (TPSA) is 76.1 Å². The van der Waals surface area contributed by atoms with Crippen LogP contribution in [0, 0.1) is 0 Å². The first-order valence-electron chi connectivity index (χ1n) is 9.48. The van der Waals surface area contributed by atoms with Crippen molar-refractivity contribution in [3.05, 3.63) is 57.1 Å². The minimum absolute atomic E-state index is 0.0371. The van der Waals surface area contributed by atoms with E-state index in [0.717, 1.165) is 29.7 Å². The van der Waals surface area contributed by atoms with Crippen LogP contribution in [0.5, 0.6) is 5.75 Å². The Kier molecular flexibility index (Phi) is 11.7. The van der Waals surface area contributed by atoms with E-state index in [0.29, 0.717) is 0 Å². The molecule has 0 radical (unpaired) electrons. The summed E-state index contributed by atoms with van der Waals surface area (Å²) in [5.41, 5.74) is 3.13. The number of carbonyl (C=O) groups is 2. The number of ether oxygens (including phenoxy) is 2. The van der Waals surface area contributed by atoms with Gasteiger partial charge in [0.1, 0.15) is 18.2 Å². The van der Waals surface area contributed by atoms with Gasteiger partial charge >= 0.3 is 5.97 Å². The highest BCUT2D eigenvalue weighted by Gasteiger charge is 2.20. The van der Waals surface area contributed by atoms with Crippen molar-refractivity contribution in [3.63, 3.8) is 0 Å². The molecule has 170 valence electrons. The van der Waals surface area contributed by atoms with Crippen molar-refractivity contribution >= 4 is 52.4 Å². The molecule has 0 atom stereocenters. The number of anilines is 1. The third-order valence-corrected chi connectivity index (χ3v) is 5.23. The van der Waals surface area contributed by atoms with Crippen molar-refractivity contribution in [2.45, 2.75) is 26.7 Å². The second-order valence-electron chi connectivity index (χ2n) is 6.25. The van der Waals surface area contributed by atoms with Crippen LogP contribution >= 0.6 is 34.8 Å². The molecule has 2 aromatic carbocycles. The van der Waals surface area contributed by atoms with Gasteiger partial charge in [0.05, 0.1) is 22.8 Å². The van der Waals surface area contributed by atoms with E-state index in [9.17, 15) is 9.59 Å². The van der Waals surface area contributed by atoms with Gasteiger partial charge in [-0.1, -0.05) is 55.2 Å². The number of rotatable bonds is 8.